The molecule has 1 heterocycles. The lowest BCUT2D eigenvalue weighted by molar-refractivity contribution is -0.147. The van der Waals surface area contributed by atoms with Gasteiger partial charge in [-0.3, -0.25) is 14.4 Å². The quantitative estimate of drug-likeness (QED) is 0.421. The first-order valence-electron chi connectivity index (χ1n) is 13.9. The molecule has 1 aliphatic carbocycles. The second-order valence-electron chi connectivity index (χ2n) is 11.9. The molecule has 2 aromatic carbocycles. The van der Waals surface area contributed by atoms with Crippen molar-refractivity contribution in [2.24, 2.45) is 5.41 Å². The van der Waals surface area contributed by atoms with E-state index in [1.165, 1.54) is 16.5 Å². The molecule has 2 aliphatic rings. The summed E-state index contributed by atoms with van der Waals surface area (Å²) in [5, 5.41) is 18.5. The molecule has 40 heavy (non-hydrogen) atoms. The molecule has 4 atom stereocenters. The third-order valence-corrected chi connectivity index (χ3v) is 8.08. The number of carbonyl (C=O) groups excluding carboxylic acids is 3. The van der Waals surface area contributed by atoms with Crippen LogP contribution in [-0.4, -0.2) is 58.9 Å². The topological polar surface area (TPSA) is 128 Å². The molecule has 0 fully saturated rings. The molecule has 0 radical (unpaired) electrons. The second-order valence-corrected chi connectivity index (χ2v) is 11.9. The van der Waals surface area contributed by atoms with Gasteiger partial charge in [-0.1, -0.05) is 51.1 Å². The maximum Gasteiger partial charge on any atom is 0.335 e. The van der Waals surface area contributed by atoms with E-state index in [4.69, 9.17) is 0 Å². The van der Waals surface area contributed by atoms with E-state index < -0.39 is 29.5 Å². The van der Waals surface area contributed by atoms with Gasteiger partial charge in [0.2, 0.25) is 17.7 Å². The van der Waals surface area contributed by atoms with Crippen LogP contribution in [0.1, 0.15) is 79.2 Å². The molecule has 0 saturated carbocycles. The number of fused-ring (bicyclic) bond motifs is 2. The summed E-state index contributed by atoms with van der Waals surface area (Å²) in [6.45, 7) is 7.39. The number of carbonyl (C=O) groups is 4. The Morgan fingerprint density at radius 3 is 2.42 bits per heavy atom. The van der Waals surface area contributed by atoms with Gasteiger partial charge < -0.3 is 26.0 Å². The number of carboxylic acid groups (broad SMARTS) is 1. The van der Waals surface area contributed by atoms with Gasteiger partial charge in [0.05, 0.1) is 17.6 Å². The van der Waals surface area contributed by atoms with E-state index in [0.29, 0.717) is 5.56 Å². The van der Waals surface area contributed by atoms with Crippen LogP contribution in [-0.2, 0) is 33.8 Å². The second kappa shape index (κ2) is 11.8. The first-order chi connectivity index (χ1) is 18.9. The highest BCUT2D eigenvalue weighted by molar-refractivity contribution is 5.94. The van der Waals surface area contributed by atoms with E-state index in [-0.39, 0.29) is 42.3 Å². The molecule has 0 spiro atoms. The smallest absolute Gasteiger partial charge is 0.335 e. The van der Waals surface area contributed by atoms with Crippen LogP contribution in [0.25, 0.3) is 0 Å². The molecule has 0 saturated heterocycles. The van der Waals surface area contributed by atoms with Gasteiger partial charge in [0.15, 0.2) is 0 Å². The van der Waals surface area contributed by atoms with Crippen LogP contribution < -0.4 is 16.0 Å². The SMILES string of the molecule is CN[C@@H](C)C(=O)NC(C(=O)N1Cc2cc(C(=O)O)ccc2C[C@H]1C(=O)N[C@@H]1CCCc2ccccc21)C(C)(C)C. The Kier molecular flexibility index (Phi) is 8.63. The van der Waals surface area contributed by atoms with E-state index in [9.17, 15) is 24.3 Å². The number of hydrogen-bond donors (Lipinski definition) is 4. The number of amides is 3. The summed E-state index contributed by atoms with van der Waals surface area (Å²) in [6.07, 6.45) is 2.98. The summed E-state index contributed by atoms with van der Waals surface area (Å²) in [7, 11) is 1.67. The van der Waals surface area contributed by atoms with E-state index in [0.717, 1.165) is 30.4 Å². The number of nitrogens with one attached hydrogen (secondary N) is 3. The summed E-state index contributed by atoms with van der Waals surface area (Å²) in [5.41, 5.74) is 3.31. The molecule has 1 aliphatic heterocycles. The standard InChI is InChI=1S/C31H40N4O5/c1-18(32-5)27(36)34-26(31(2,3)4)29(38)35-17-22-15-21(30(39)40)14-13-20(22)16-25(35)28(37)33-24-12-8-10-19-9-6-7-11-23(19)24/h6-7,9,11,13-15,18,24-26,32H,8,10,12,16-17H2,1-5H3,(H,33,37)(H,34,36)(H,39,40)/t18-,24+,25-,26?/m0/s1. The molecule has 214 valence electrons. The first-order valence-corrected chi connectivity index (χ1v) is 13.9. The Hall–Kier alpha value is -3.72. The van der Waals surface area contributed by atoms with Crippen molar-refractivity contribution in [1.82, 2.24) is 20.9 Å². The predicted octanol–water partition coefficient (Wildman–Crippen LogP) is 2.97. The number of aryl methyl sites for hydroxylation is 1. The van der Waals surface area contributed by atoms with Crippen molar-refractivity contribution in [3.8, 4) is 0 Å². The Morgan fingerprint density at radius 1 is 1.02 bits per heavy atom. The Bertz CT molecular complexity index is 1300. The summed E-state index contributed by atoms with van der Waals surface area (Å²) in [6, 6.07) is 10.6. The highest BCUT2D eigenvalue weighted by Crippen LogP contribution is 2.32. The number of carboxylic acids is 1. The van der Waals surface area contributed by atoms with Crippen molar-refractivity contribution in [3.05, 3.63) is 70.3 Å². The minimum atomic E-state index is -1.06. The fourth-order valence-corrected chi connectivity index (χ4v) is 5.57. The van der Waals surface area contributed by atoms with Crippen LogP contribution in [0.4, 0.5) is 0 Å². The molecular weight excluding hydrogens is 508 g/mol. The van der Waals surface area contributed by atoms with Crippen molar-refractivity contribution in [1.29, 1.82) is 0 Å². The zero-order chi connectivity index (χ0) is 29.2. The number of benzene rings is 2. The number of rotatable bonds is 7. The molecule has 4 N–H and O–H groups in total. The van der Waals surface area contributed by atoms with E-state index in [1.54, 1.807) is 26.1 Å². The lowest BCUT2D eigenvalue weighted by Gasteiger charge is -2.41. The third-order valence-electron chi connectivity index (χ3n) is 8.08. The van der Waals surface area contributed by atoms with Crippen LogP contribution in [0.3, 0.4) is 0 Å². The lowest BCUT2D eigenvalue weighted by Crippen LogP contribution is -2.62. The highest BCUT2D eigenvalue weighted by atomic mass is 16.4. The fourth-order valence-electron chi connectivity index (χ4n) is 5.57. The number of nitrogens with zero attached hydrogens (tertiary/aromatic N) is 1. The van der Waals surface area contributed by atoms with Gasteiger partial charge in [0.25, 0.3) is 0 Å². The molecular formula is C31H40N4O5. The van der Waals surface area contributed by atoms with Gasteiger partial charge in [-0.15, -0.1) is 0 Å². The number of aromatic carboxylic acids is 1. The van der Waals surface area contributed by atoms with Gasteiger partial charge >= 0.3 is 5.97 Å². The summed E-state index contributed by atoms with van der Waals surface area (Å²) in [5.74, 6) is -2.01. The molecule has 0 aromatic heterocycles. The van der Waals surface area contributed by atoms with Crippen molar-refractivity contribution in [3.63, 3.8) is 0 Å². The van der Waals surface area contributed by atoms with Crippen molar-refractivity contribution < 1.29 is 24.3 Å². The van der Waals surface area contributed by atoms with Gasteiger partial charge in [0.1, 0.15) is 12.1 Å². The van der Waals surface area contributed by atoms with Crippen molar-refractivity contribution >= 4 is 23.7 Å². The average molecular weight is 549 g/mol. The van der Waals surface area contributed by atoms with Crippen LogP contribution in [0.15, 0.2) is 42.5 Å². The van der Waals surface area contributed by atoms with E-state index in [2.05, 4.69) is 22.0 Å². The summed E-state index contributed by atoms with van der Waals surface area (Å²) < 4.78 is 0. The van der Waals surface area contributed by atoms with Crippen molar-refractivity contribution in [2.75, 3.05) is 7.05 Å². The molecule has 4 rings (SSSR count). The zero-order valence-corrected chi connectivity index (χ0v) is 23.9. The summed E-state index contributed by atoms with van der Waals surface area (Å²) >= 11 is 0. The monoisotopic (exact) mass is 548 g/mol. The van der Waals surface area contributed by atoms with Crippen LogP contribution in [0.2, 0.25) is 0 Å². The molecule has 3 amide bonds. The molecule has 2 aromatic rings. The van der Waals surface area contributed by atoms with Crippen LogP contribution >= 0.6 is 0 Å². The van der Waals surface area contributed by atoms with E-state index >= 15 is 0 Å². The van der Waals surface area contributed by atoms with Crippen LogP contribution in [0.5, 0.6) is 0 Å². The fraction of sp³-hybridized carbons (Fsp3) is 0.484. The average Bonchev–Trinajstić information content (AvgIpc) is 2.93. The van der Waals surface area contributed by atoms with Gasteiger partial charge in [0, 0.05) is 13.0 Å². The molecule has 1 unspecified atom stereocenters. The van der Waals surface area contributed by atoms with Crippen LogP contribution in [0, 0.1) is 5.41 Å². The zero-order valence-electron chi connectivity index (χ0n) is 23.9. The van der Waals surface area contributed by atoms with Gasteiger partial charge in [-0.2, -0.15) is 0 Å². The number of hydrogen-bond acceptors (Lipinski definition) is 5. The minimum absolute atomic E-state index is 0.0681. The highest BCUT2D eigenvalue weighted by Gasteiger charge is 2.43. The lowest BCUT2D eigenvalue weighted by atomic mass is 9.83. The minimum Gasteiger partial charge on any atom is -0.478 e. The largest absolute Gasteiger partial charge is 0.478 e. The third kappa shape index (κ3) is 6.20. The maximum atomic E-state index is 14.2. The van der Waals surface area contributed by atoms with E-state index in [1.807, 2.05) is 39.0 Å². The predicted molar refractivity (Wildman–Crippen MR) is 152 cm³/mol. The van der Waals surface area contributed by atoms with Gasteiger partial charge in [-0.25, -0.2) is 4.79 Å². The molecule has 9 heteroatoms. The Balaban J connectivity index is 1.68. The number of likely N-dealkylation sites (N-methyl/N-ethyl adjacent to an activating group) is 1. The summed E-state index contributed by atoms with van der Waals surface area (Å²) in [4.78, 5) is 54.2. The maximum absolute atomic E-state index is 14.2. The molecule has 9 nitrogen and oxygen atoms in total. The van der Waals surface area contributed by atoms with Crippen molar-refractivity contribution in [2.45, 2.75) is 84.1 Å². The van der Waals surface area contributed by atoms with Gasteiger partial charge in [-0.05, 0) is 73.0 Å². The molecule has 0 bridgehead atoms. The normalized spacial score (nSPS) is 20.0. The first kappa shape index (κ1) is 29.3. The Labute approximate surface area is 235 Å². The Morgan fingerprint density at radius 2 is 1.75 bits per heavy atom.